The molecule has 1 aliphatic heterocycles. The number of Topliss-reactive ketones (excluding diaryl/α,β-unsaturated/α-hetero) is 2. The smallest absolute Gasteiger partial charge is 0.345 e. The van der Waals surface area contributed by atoms with E-state index in [9.17, 15) is 24.3 Å². The van der Waals surface area contributed by atoms with Gasteiger partial charge in [-0.15, -0.1) is 0 Å². The number of hydrogen-bond donors (Lipinski definition) is 1. The molecule has 2 aromatic heterocycles. The molecule has 9 heteroatoms. The van der Waals surface area contributed by atoms with Crippen LogP contribution in [0.15, 0.2) is 39.8 Å². The van der Waals surface area contributed by atoms with Gasteiger partial charge in [-0.2, -0.15) is 0 Å². The van der Waals surface area contributed by atoms with Crippen LogP contribution >= 0.6 is 0 Å². The third-order valence-corrected chi connectivity index (χ3v) is 8.92. The third kappa shape index (κ3) is 5.48. The molecule has 0 bridgehead atoms. The fourth-order valence-corrected chi connectivity index (χ4v) is 7.38. The van der Waals surface area contributed by atoms with Crippen LogP contribution in [0.3, 0.4) is 0 Å². The number of aliphatic hydroxyl groups is 1. The normalized spacial score (nSPS) is 31.8. The zero-order valence-corrected chi connectivity index (χ0v) is 24.1. The van der Waals surface area contributed by atoms with E-state index in [1.54, 1.807) is 37.5 Å². The Hall–Kier alpha value is -3.33. The third-order valence-electron chi connectivity index (χ3n) is 8.92. The monoisotopic (exact) mass is 553 g/mol. The summed E-state index contributed by atoms with van der Waals surface area (Å²) in [4.78, 5) is 50.6. The van der Waals surface area contributed by atoms with E-state index >= 15 is 0 Å². The first-order valence-electron chi connectivity index (χ1n) is 13.9. The molecule has 1 N–H and O–H groups in total. The second-order valence-corrected chi connectivity index (χ2v) is 12.0. The van der Waals surface area contributed by atoms with Gasteiger partial charge in [0.1, 0.15) is 40.3 Å². The van der Waals surface area contributed by atoms with Gasteiger partial charge in [-0.3, -0.25) is 9.78 Å². The maximum Gasteiger partial charge on any atom is 0.345 e. The highest BCUT2D eigenvalue weighted by Crippen LogP contribution is 2.66. The lowest BCUT2D eigenvalue weighted by Gasteiger charge is -2.59. The van der Waals surface area contributed by atoms with Gasteiger partial charge < -0.3 is 28.6 Å². The summed E-state index contributed by atoms with van der Waals surface area (Å²) in [6, 6.07) is 5.13. The van der Waals surface area contributed by atoms with E-state index in [2.05, 4.69) is 11.9 Å². The van der Waals surface area contributed by atoms with Crippen LogP contribution < -0.4 is 10.4 Å². The molecule has 0 aromatic carbocycles. The molecule has 2 saturated carbocycles. The van der Waals surface area contributed by atoms with E-state index in [4.69, 9.17) is 13.9 Å². The summed E-state index contributed by atoms with van der Waals surface area (Å²) < 4.78 is 18.0. The lowest BCUT2D eigenvalue weighted by Crippen LogP contribution is -2.66. The van der Waals surface area contributed by atoms with Crippen molar-refractivity contribution in [3.8, 4) is 17.1 Å². The van der Waals surface area contributed by atoms with Crippen LogP contribution in [0.1, 0.15) is 85.3 Å². The molecule has 7 atom stereocenters. The summed E-state index contributed by atoms with van der Waals surface area (Å²) in [5.74, 6) is 0.291. The number of aliphatic hydroxyl groups excluding tert-OH is 1. The molecule has 0 spiro atoms. The van der Waals surface area contributed by atoms with E-state index in [0.717, 1.165) is 19.3 Å². The Morgan fingerprint density at radius 2 is 1.88 bits per heavy atom. The molecule has 2 fully saturated rings. The highest BCUT2D eigenvalue weighted by Gasteiger charge is 2.68. The number of rotatable bonds is 5. The number of fused-ring (bicyclic) bond motifs is 4. The molecular formula is C31H39NO8. The van der Waals surface area contributed by atoms with Crippen molar-refractivity contribution in [3.63, 3.8) is 0 Å². The Labute approximate surface area is 234 Å². The molecule has 40 heavy (non-hydrogen) atoms. The average Bonchev–Trinajstić information content (AvgIpc) is 3.17. The number of ketones is 2. The Kier molecular flexibility index (Phi) is 8.36. The molecule has 0 amide bonds. The Morgan fingerprint density at radius 3 is 2.48 bits per heavy atom. The van der Waals surface area contributed by atoms with Crippen molar-refractivity contribution in [2.45, 2.75) is 91.5 Å². The highest BCUT2D eigenvalue weighted by molar-refractivity contribution is 5.75. The van der Waals surface area contributed by atoms with Crippen molar-refractivity contribution in [1.82, 2.24) is 4.98 Å². The number of aromatic nitrogens is 1. The van der Waals surface area contributed by atoms with Gasteiger partial charge >= 0.3 is 11.6 Å². The molecule has 2 aliphatic carbocycles. The largest absolute Gasteiger partial charge is 0.482 e. The molecule has 2 aromatic rings. The number of carbonyl (C=O) groups is 3. The molecule has 3 aliphatic rings. The number of ether oxygens (including phenoxy) is 2. The van der Waals surface area contributed by atoms with Crippen molar-refractivity contribution in [1.29, 1.82) is 0 Å². The summed E-state index contributed by atoms with van der Waals surface area (Å²) in [6.07, 6.45) is 5.00. The van der Waals surface area contributed by atoms with Crippen LogP contribution in [-0.2, 0) is 19.1 Å². The number of hydrogen-bond acceptors (Lipinski definition) is 9. The fraction of sp³-hybridized carbons (Fsp3) is 0.581. The quantitative estimate of drug-likeness (QED) is 0.517. The molecule has 0 saturated heterocycles. The number of esters is 1. The van der Waals surface area contributed by atoms with Crippen LogP contribution in [0, 0.1) is 23.2 Å². The predicted molar refractivity (Wildman–Crippen MR) is 146 cm³/mol. The van der Waals surface area contributed by atoms with E-state index in [-0.39, 0.29) is 45.9 Å². The first-order chi connectivity index (χ1) is 18.8. The molecule has 3 heterocycles. The summed E-state index contributed by atoms with van der Waals surface area (Å²) in [5, 5.41) is 11.8. The summed E-state index contributed by atoms with van der Waals surface area (Å²) in [7, 11) is 0. The summed E-state index contributed by atoms with van der Waals surface area (Å²) in [5.41, 5.74) is -1.38. The molecule has 2 unspecified atom stereocenters. The van der Waals surface area contributed by atoms with Crippen LogP contribution in [-0.4, -0.2) is 39.3 Å². The molecule has 9 nitrogen and oxygen atoms in total. The van der Waals surface area contributed by atoms with Gasteiger partial charge in [0.15, 0.2) is 0 Å². The van der Waals surface area contributed by atoms with E-state index in [0.29, 0.717) is 18.4 Å². The van der Waals surface area contributed by atoms with E-state index < -0.39 is 35.3 Å². The molecular weight excluding hydrogens is 514 g/mol. The van der Waals surface area contributed by atoms with Gasteiger partial charge in [-0.25, -0.2) is 4.79 Å². The summed E-state index contributed by atoms with van der Waals surface area (Å²) in [6.45, 7) is 10.0. The van der Waals surface area contributed by atoms with Crippen molar-refractivity contribution in [3.05, 3.63) is 46.6 Å². The second kappa shape index (κ2) is 11.3. The first-order valence-corrected chi connectivity index (χ1v) is 13.9. The molecule has 0 radical (unpaired) electrons. The minimum Gasteiger partial charge on any atom is -0.482 e. The van der Waals surface area contributed by atoms with E-state index in [1.807, 2.05) is 6.92 Å². The Morgan fingerprint density at radius 1 is 1.18 bits per heavy atom. The van der Waals surface area contributed by atoms with Crippen LogP contribution in [0.25, 0.3) is 11.3 Å². The Balaban J connectivity index is 0.000000867. The number of pyridine rings is 1. The minimum absolute atomic E-state index is 0.0979. The summed E-state index contributed by atoms with van der Waals surface area (Å²) >= 11 is 0. The van der Waals surface area contributed by atoms with Crippen LogP contribution in [0.4, 0.5) is 0 Å². The van der Waals surface area contributed by atoms with Gasteiger partial charge in [0.25, 0.3) is 0 Å². The minimum atomic E-state index is -1.16. The SMILES string of the molecule is CC(=O)CC[C@@H]1CC[C@@]2(C)C1C[C@H](OC(C)=O)[C@@]1(C)Oc3cc(-c4cccnc4)oc(=O)c3[C@H](O)C21.CC(C)=O. The van der Waals surface area contributed by atoms with Gasteiger partial charge in [0, 0.05) is 43.3 Å². The fourth-order valence-electron chi connectivity index (χ4n) is 7.38. The van der Waals surface area contributed by atoms with Gasteiger partial charge in [-0.05, 0) is 82.8 Å². The topological polar surface area (TPSA) is 133 Å². The number of nitrogens with zero attached hydrogens (tertiary/aromatic N) is 1. The van der Waals surface area contributed by atoms with Crippen LogP contribution in [0.2, 0.25) is 0 Å². The zero-order valence-electron chi connectivity index (χ0n) is 24.1. The lowest BCUT2D eigenvalue weighted by atomic mass is 9.52. The standard InChI is InChI=1S/C28H33NO7.C3H6O/c1-15(30)7-8-17-9-10-27(3)19(17)12-22(34-16(2)31)28(4)25(27)24(32)23-21(36-28)13-20(35-26(23)33)18-6-5-11-29-14-18;1-3(2)4/h5-6,11,13-14,17,19,22,24-25,32H,7-10,12H2,1-4H3;1-2H3/t17-,19?,22+,24+,25?,27+,28-;/m1./s1. The molecule has 5 rings (SSSR count). The van der Waals surface area contributed by atoms with E-state index in [1.165, 1.54) is 20.8 Å². The van der Waals surface area contributed by atoms with Crippen LogP contribution in [0.5, 0.6) is 5.75 Å². The van der Waals surface area contributed by atoms with Crippen molar-refractivity contribution < 1.29 is 33.4 Å². The number of carbonyl (C=O) groups excluding carboxylic acids is 3. The average molecular weight is 554 g/mol. The van der Waals surface area contributed by atoms with Crippen molar-refractivity contribution in [2.24, 2.45) is 23.2 Å². The van der Waals surface area contributed by atoms with Gasteiger partial charge in [0.2, 0.25) is 0 Å². The predicted octanol–water partition coefficient (Wildman–Crippen LogP) is 4.83. The lowest BCUT2D eigenvalue weighted by molar-refractivity contribution is -0.226. The van der Waals surface area contributed by atoms with Gasteiger partial charge in [-0.1, -0.05) is 6.92 Å². The maximum atomic E-state index is 13.2. The van der Waals surface area contributed by atoms with Crippen molar-refractivity contribution in [2.75, 3.05) is 0 Å². The zero-order chi connectivity index (χ0) is 29.4. The molecule has 216 valence electrons. The first kappa shape index (κ1) is 29.6. The van der Waals surface area contributed by atoms with Gasteiger partial charge in [0.05, 0.1) is 6.10 Å². The maximum absolute atomic E-state index is 13.2. The highest BCUT2D eigenvalue weighted by atomic mass is 16.6. The second-order valence-electron chi connectivity index (χ2n) is 12.0. The Bertz CT molecular complexity index is 1330. The van der Waals surface area contributed by atoms with Crippen molar-refractivity contribution >= 4 is 17.5 Å².